The molecule has 3 aromatic rings. The lowest BCUT2D eigenvalue weighted by Crippen LogP contribution is -2.21. The fraction of sp³-hybridized carbons (Fsp3) is 0.0526. The number of para-hydroxylation sites is 1. The minimum Gasteiger partial charge on any atom is -0.497 e. The molecule has 0 saturated carbocycles. The summed E-state index contributed by atoms with van der Waals surface area (Å²) in [6.07, 6.45) is 0. The highest BCUT2D eigenvalue weighted by molar-refractivity contribution is 7.69. The molecular formula is C19H15O2P. The van der Waals surface area contributed by atoms with Gasteiger partial charge in [-0.1, -0.05) is 42.5 Å². The van der Waals surface area contributed by atoms with E-state index in [2.05, 4.69) is 48.5 Å². The summed E-state index contributed by atoms with van der Waals surface area (Å²) in [5, 5.41) is 2.46. The van der Waals surface area contributed by atoms with Gasteiger partial charge < -0.3 is 9.26 Å². The number of ether oxygens (including phenoxy) is 1. The molecule has 0 aromatic heterocycles. The van der Waals surface area contributed by atoms with Crippen LogP contribution in [0.5, 0.6) is 11.5 Å². The Morgan fingerprint density at radius 2 is 1.45 bits per heavy atom. The maximum absolute atomic E-state index is 6.34. The number of fused-ring (bicyclic) bond motifs is 3. The first-order valence-electron chi connectivity index (χ1n) is 7.17. The second-order valence-electron chi connectivity index (χ2n) is 5.10. The number of methoxy groups -OCH3 is 1. The molecule has 1 atom stereocenters. The van der Waals surface area contributed by atoms with Crippen molar-refractivity contribution in [1.82, 2.24) is 0 Å². The smallest absolute Gasteiger partial charge is 0.151 e. The Morgan fingerprint density at radius 1 is 0.773 bits per heavy atom. The minimum atomic E-state index is -0.842. The van der Waals surface area contributed by atoms with Crippen molar-refractivity contribution in [1.29, 1.82) is 0 Å². The van der Waals surface area contributed by atoms with Crippen LogP contribution in [0.3, 0.4) is 0 Å². The highest BCUT2D eigenvalue weighted by Gasteiger charge is 2.27. The summed E-state index contributed by atoms with van der Waals surface area (Å²) in [5.74, 6) is 1.83. The Balaban J connectivity index is 1.85. The van der Waals surface area contributed by atoms with Crippen molar-refractivity contribution in [2.24, 2.45) is 0 Å². The average molecular weight is 306 g/mol. The third-order valence-electron chi connectivity index (χ3n) is 3.80. The van der Waals surface area contributed by atoms with Gasteiger partial charge in [0, 0.05) is 16.2 Å². The van der Waals surface area contributed by atoms with E-state index in [0.29, 0.717) is 0 Å². The van der Waals surface area contributed by atoms with Crippen LogP contribution in [0.25, 0.3) is 11.1 Å². The fourth-order valence-corrected chi connectivity index (χ4v) is 4.60. The number of benzene rings is 3. The predicted molar refractivity (Wildman–Crippen MR) is 91.7 cm³/mol. The lowest BCUT2D eigenvalue weighted by atomic mass is 10.0. The van der Waals surface area contributed by atoms with E-state index in [4.69, 9.17) is 9.26 Å². The monoisotopic (exact) mass is 306 g/mol. The Kier molecular flexibility index (Phi) is 3.32. The zero-order valence-electron chi connectivity index (χ0n) is 12.2. The zero-order chi connectivity index (χ0) is 14.9. The van der Waals surface area contributed by atoms with Crippen LogP contribution >= 0.6 is 8.15 Å². The van der Waals surface area contributed by atoms with Crippen molar-refractivity contribution in [3.63, 3.8) is 0 Å². The van der Waals surface area contributed by atoms with Gasteiger partial charge in [-0.3, -0.25) is 0 Å². The zero-order valence-corrected chi connectivity index (χ0v) is 13.1. The standard InChI is InChI=1S/C19H15O2P/c1-20-14-10-12-15(13-11-14)22-19-9-5-3-7-17(19)16-6-2-4-8-18(16)21-22/h2-13H,1H3. The second kappa shape index (κ2) is 5.47. The van der Waals surface area contributed by atoms with Crippen molar-refractivity contribution in [2.45, 2.75) is 0 Å². The maximum Gasteiger partial charge on any atom is 0.151 e. The third-order valence-corrected chi connectivity index (χ3v) is 5.77. The van der Waals surface area contributed by atoms with Gasteiger partial charge in [0.1, 0.15) is 11.5 Å². The largest absolute Gasteiger partial charge is 0.497 e. The molecule has 0 saturated heterocycles. The molecule has 22 heavy (non-hydrogen) atoms. The molecule has 3 heteroatoms. The Hall–Kier alpha value is -2.31. The minimum absolute atomic E-state index is 0.842. The summed E-state index contributed by atoms with van der Waals surface area (Å²) in [5.41, 5.74) is 2.44. The van der Waals surface area contributed by atoms with Crippen molar-refractivity contribution in [3.8, 4) is 22.6 Å². The van der Waals surface area contributed by atoms with E-state index in [9.17, 15) is 0 Å². The second-order valence-corrected chi connectivity index (χ2v) is 6.87. The van der Waals surface area contributed by atoms with E-state index in [1.807, 2.05) is 24.3 Å². The van der Waals surface area contributed by atoms with Crippen molar-refractivity contribution in [3.05, 3.63) is 72.8 Å². The Bertz CT molecular complexity index is 812. The number of hydrogen-bond acceptors (Lipinski definition) is 2. The highest BCUT2D eigenvalue weighted by atomic mass is 31.1. The SMILES string of the molecule is COc1ccc(P2Oc3ccccc3-c3ccccc32)cc1. The van der Waals surface area contributed by atoms with Crippen LogP contribution in [-0.4, -0.2) is 7.11 Å². The van der Waals surface area contributed by atoms with Crippen LogP contribution in [0.15, 0.2) is 72.8 Å². The molecule has 1 unspecified atom stereocenters. The molecule has 0 fully saturated rings. The topological polar surface area (TPSA) is 18.5 Å². The summed E-state index contributed by atoms with van der Waals surface area (Å²) in [7, 11) is 0.841. The van der Waals surface area contributed by atoms with Gasteiger partial charge in [-0.15, -0.1) is 0 Å². The summed E-state index contributed by atoms with van der Waals surface area (Å²) in [6, 6.07) is 24.9. The van der Waals surface area contributed by atoms with Crippen molar-refractivity contribution < 1.29 is 9.26 Å². The molecule has 3 aromatic carbocycles. The van der Waals surface area contributed by atoms with Gasteiger partial charge in [0.15, 0.2) is 8.15 Å². The van der Waals surface area contributed by atoms with E-state index in [1.165, 1.54) is 21.7 Å². The van der Waals surface area contributed by atoms with Crippen molar-refractivity contribution in [2.75, 3.05) is 7.11 Å². The summed E-state index contributed by atoms with van der Waals surface area (Å²) in [4.78, 5) is 0. The van der Waals surface area contributed by atoms with Crippen LogP contribution in [0, 0.1) is 0 Å². The fourth-order valence-electron chi connectivity index (χ4n) is 2.70. The van der Waals surface area contributed by atoms with E-state index < -0.39 is 8.15 Å². The number of rotatable bonds is 2. The molecule has 1 heterocycles. The Labute approximate surface area is 131 Å². The van der Waals surface area contributed by atoms with Crippen LogP contribution in [0.4, 0.5) is 0 Å². The molecule has 0 aliphatic carbocycles. The predicted octanol–water partition coefficient (Wildman–Crippen LogP) is 4.10. The first-order chi connectivity index (χ1) is 10.9. The van der Waals surface area contributed by atoms with Gasteiger partial charge in [0.2, 0.25) is 0 Å². The summed E-state index contributed by atoms with van der Waals surface area (Å²) in [6.45, 7) is 0. The van der Waals surface area contributed by atoms with Gasteiger partial charge in [0.25, 0.3) is 0 Å². The van der Waals surface area contributed by atoms with E-state index in [0.717, 1.165) is 11.5 Å². The van der Waals surface area contributed by atoms with Gasteiger partial charge >= 0.3 is 0 Å². The molecule has 0 bridgehead atoms. The van der Waals surface area contributed by atoms with Gasteiger partial charge in [-0.25, -0.2) is 0 Å². The van der Waals surface area contributed by atoms with Crippen LogP contribution in [0.2, 0.25) is 0 Å². The Morgan fingerprint density at radius 3 is 2.23 bits per heavy atom. The van der Waals surface area contributed by atoms with Crippen molar-refractivity contribution >= 4 is 18.8 Å². The molecule has 0 N–H and O–H groups in total. The lowest BCUT2D eigenvalue weighted by molar-refractivity contribution is 0.415. The first kappa shape index (κ1) is 13.4. The molecule has 4 rings (SSSR count). The molecule has 1 aliphatic heterocycles. The van der Waals surface area contributed by atoms with Gasteiger partial charge in [-0.2, -0.15) is 0 Å². The van der Waals surface area contributed by atoms with Gasteiger partial charge in [0.05, 0.1) is 7.11 Å². The molecule has 2 nitrogen and oxygen atoms in total. The maximum atomic E-state index is 6.34. The molecule has 108 valence electrons. The van der Waals surface area contributed by atoms with E-state index in [1.54, 1.807) is 7.11 Å². The average Bonchev–Trinajstić information content (AvgIpc) is 2.61. The van der Waals surface area contributed by atoms with Crippen LogP contribution < -0.4 is 19.9 Å². The number of hydrogen-bond donors (Lipinski definition) is 0. The van der Waals surface area contributed by atoms with Crippen LogP contribution in [0.1, 0.15) is 0 Å². The molecule has 0 amide bonds. The molecular weight excluding hydrogens is 291 g/mol. The normalized spacial score (nSPS) is 15.4. The van der Waals surface area contributed by atoms with E-state index in [-0.39, 0.29) is 0 Å². The molecule has 1 aliphatic rings. The molecule has 0 radical (unpaired) electrons. The molecule has 0 spiro atoms. The summed E-state index contributed by atoms with van der Waals surface area (Å²) < 4.78 is 11.6. The van der Waals surface area contributed by atoms with E-state index >= 15 is 0 Å². The highest BCUT2D eigenvalue weighted by Crippen LogP contribution is 2.47. The lowest BCUT2D eigenvalue weighted by Gasteiger charge is -2.28. The van der Waals surface area contributed by atoms with Gasteiger partial charge in [-0.05, 0) is 35.9 Å². The third kappa shape index (κ3) is 2.17. The quantitative estimate of drug-likeness (QED) is 0.664. The first-order valence-corrected chi connectivity index (χ1v) is 8.43. The summed E-state index contributed by atoms with van der Waals surface area (Å²) >= 11 is 0. The van der Waals surface area contributed by atoms with Crippen LogP contribution in [-0.2, 0) is 0 Å².